The number of ether oxygens (including phenoxy) is 1. The molecule has 0 aliphatic carbocycles. The monoisotopic (exact) mass is 512 g/mol. The summed E-state index contributed by atoms with van der Waals surface area (Å²) in [5, 5.41) is 9.23. The lowest BCUT2D eigenvalue weighted by molar-refractivity contribution is -0.110. The second kappa shape index (κ2) is 12.3. The van der Waals surface area contributed by atoms with E-state index < -0.39 is 0 Å². The number of rotatable bonds is 11. The van der Waals surface area contributed by atoms with E-state index in [1.807, 2.05) is 62.5 Å². The van der Waals surface area contributed by atoms with E-state index in [0.717, 1.165) is 41.8 Å². The molecule has 0 saturated carbocycles. The first-order valence-electron chi connectivity index (χ1n) is 12.4. The summed E-state index contributed by atoms with van der Waals surface area (Å²) in [4.78, 5) is 39.3. The Morgan fingerprint density at radius 2 is 1.76 bits per heavy atom. The molecule has 3 aromatic carbocycles. The number of aryl methyl sites for hydroxylation is 1. The molecule has 1 aliphatic rings. The van der Waals surface area contributed by atoms with Gasteiger partial charge in [-0.3, -0.25) is 14.4 Å². The van der Waals surface area contributed by atoms with Crippen molar-refractivity contribution in [3.63, 3.8) is 0 Å². The van der Waals surface area contributed by atoms with Crippen molar-refractivity contribution in [3.8, 4) is 0 Å². The molecule has 0 aromatic heterocycles. The number of anilines is 2. The van der Waals surface area contributed by atoms with E-state index in [4.69, 9.17) is 4.74 Å². The first-order chi connectivity index (χ1) is 18.4. The molecule has 1 aliphatic heterocycles. The van der Waals surface area contributed by atoms with Crippen LogP contribution in [0.25, 0.3) is 11.3 Å². The van der Waals surface area contributed by atoms with E-state index in [2.05, 4.69) is 20.9 Å². The molecule has 0 atom stereocenters. The van der Waals surface area contributed by atoms with Crippen molar-refractivity contribution < 1.29 is 19.1 Å². The van der Waals surface area contributed by atoms with E-state index in [9.17, 15) is 14.4 Å². The molecule has 3 aromatic rings. The average molecular weight is 513 g/mol. The van der Waals surface area contributed by atoms with Crippen LogP contribution in [0, 0.1) is 6.92 Å². The number of nitrogens with one attached hydrogen (secondary N) is 3. The number of amides is 2. The van der Waals surface area contributed by atoms with Crippen LogP contribution in [0.3, 0.4) is 0 Å². The SMILES string of the molecule is COCCN(C)CCNC(=O)c1ccc(N/C(=C2\C(=O)Nc3cc(C=O)c(C)cc32)c2ccccc2)cc1. The maximum atomic E-state index is 13.1. The summed E-state index contributed by atoms with van der Waals surface area (Å²) in [5.74, 6) is -0.399. The van der Waals surface area contributed by atoms with Crippen molar-refractivity contribution in [3.05, 3.63) is 94.5 Å². The Bertz CT molecular complexity index is 1350. The minimum Gasteiger partial charge on any atom is -0.383 e. The van der Waals surface area contributed by atoms with Gasteiger partial charge < -0.3 is 25.6 Å². The zero-order chi connectivity index (χ0) is 27.1. The summed E-state index contributed by atoms with van der Waals surface area (Å²) >= 11 is 0. The van der Waals surface area contributed by atoms with Gasteiger partial charge in [0.15, 0.2) is 0 Å². The summed E-state index contributed by atoms with van der Waals surface area (Å²) in [5.41, 5.74) is 5.91. The normalized spacial score (nSPS) is 13.6. The van der Waals surface area contributed by atoms with Crippen molar-refractivity contribution in [1.82, 2.24) is 10.2 Å². The van der Waals surface area contributed by atoms with Gasteiger partial charge in [-0.05, 0) is 61.5 Å². The van der Waals surface area contributed by atoms with E-state index in [0.29, 0.717) is 41.2 Å². The predicted octanol–water partition coefficient (Wildman–Crippen LogP) is 4.05. The van der Waals surface area contributed by atoms with Gasteiger partial charge in [-0.1, -0.05) is 30.3 Å². The van der Waals surface area contributed by atoms with Gasteiger partial charge in [-0.15, -0.1) is 0 Å². The minimum atomic E-state index is -0.250. The summed E-state index contributed by atoms with van der Waals surface area (Å²) in [6, 6.07) is 20.3. The second-order valence-electron chi connectivity index (χ2n) is 9.20. The van der Waals surface area contributed by atoms with Gasteiger partial charge >= 0.3 is 0 Å². The molecular formula is C30H32N4O4. The van der Waals surface area contributed by atoms with Gasteiger partial charge in [-0.2, -0.15) is 0 Å². The number of carbonyl (C=O) groups excluding carboxylic acids is 3. The molecule has 0 saturated heterocycles. The van der Waals surface area contributed by atoms with E-state index in [1.54, 1.807) is 25.3 Å². The highest BCUT2D eigenvalue weighted by Gasteiger charge is 2.29. The summed E-state index contributed by atoms with van der Waals surface area (Å²) in [7, 11) is 3.65. The maximum absolute atomic E-state index is 13.1. The fourth-order valence-corrected chi connectivity index (χ4v) is 4.27. The molecular weight excluding hydrogens is 480 g/mol. The van der Waals surface area contributed by atoms with Crippen LogP contribution in [-0.2, 0) is 9.53 Å². The van der Waals surface area contributed by atoms with Gasteiger partial charge in [0.2, 0.25) is 0 Å². The van der Waals surface area contributed by atoms with Crippen LogP contribution >= 0.6 is 0 Å². The van der Waals surface area contributed by atoms with Crippen LogP contribution < -0.4 is 16.0 Å². The molecule has 0 unspecified atom stereocenters. The molecule has 2 amide bonds. The Morgan fingerprint density at radius 3 is 2.45 bits per heavy atom. The fraction of sp³-hybridized carbons (Fsp3) is 0.233. The number of fused-ring (bicyclic) bond motifs is 1. The highest BCUT2D eigenvalue weighted by molar-refractivity contribution is 6.37. The molecule has 0 bridgehead atoms. The standard InChI is InChI=1S/C30H32N4O4/c1-20-17-25-26(18-23(20)19-35)33-30(37)27(25)28(21-7-5-4-6-8-21)32-24-11-9-22(10-12-24)29(36)31-13-14-34(2)15-16-38-3/h4-12,17-19,32H,13-16H2,1-3H3,(H,31,36)(H,33,37)/b28-27-. The Labute approximate surface area is 222 Å². The van der Waals surface area contributed by atoms with Gasteiger partial charge in [-0.25, -0.2) is 0 Å². The molecule has 1 heterocycles. The minimum absolute atomic E-state index is 0.149. The third-order valence-electron chi connectivity index (χ3n) is 6.46. The Hall–Kier alpha value is -4.27. The van der Waals surface area contributed by atoms with Gasteiger partial charge in [0.25, 0.3) is 11.8 Å². The van der Waals surface area contributed by atoms with E-state index in [-0.39, 0.29) is 11.8 Å². The average Bonchev–Trinajstić information content (AvgIpc) is 3.24. The van der Waals surface area contributed by atoms with Crippen LogP contribution in [0.15, 0.2) is 66.7 Å². The topological polar surface area (TPSA) is 99.8 Å². The quantitative estimate of drug-likeness (QED) is 0.265. The number of hydrogen-bond donors (Lipinski definition) is 3. The third-order valence-corrected chi connectivity index (χ3v) is 6.46. The Balaban J connectivity index is 1.57. The van der Waals surface area contributed by atoms with E-state index in [1.165, 1.54) is 0 Å². The smallest absolute Gasteiger partial charge is 0.258 e. The van der Waals surface area contributed by atoms with Crippen LogP contribution in [0.5, 0.6) is 0 Å². The summed E-state index contributed by atoms with van der Waals surface area (Å²) < 4.78 is 5.07. The molecule has 0 spiro atoms. The number of carbonyl (C=O) groups is 3. The van der Waals surface area contributed by atoms with Crippen molar-refractivity contribution >= 4 is 40.7 Å². The van der Waals surface area contributed by atoms with Gasteiger partial charge in [0, 0.05) is 54.8 Å². The third kappa shape index (κ3) is 6.16. The lowest BCUT2D eigenvalue weighted by atomic mass is 9.97. The highest BCUT2D eigenvalue weighted by atomic mass is 16.5. The molecule has 196 valence electrons. The highest BCUT2D eigenvalue weighted by Crippen LogP contribution is 2.38. The van der Waals surface area contributed by atoms with Crippen molar-refractivity contribution in [2.75, 3.05) is 51.0 Å². The number of likely N-dealkylation sites (N-methyl/N-ethyl adjacent to an activating group) is 1. The molecule has 8 heteroatoms. The van der Waals surface area contributed by atoms with Crippen LogP contribution in [0.1, 0.15) is 37.4 Å². The number of benzene rings is 3. The van der Waals surface area contributed by atoms with Crippen molar-refractivity contribution in [2.45, 2.75) is 6.92 Å². The Kier molecular flexibility index (Phi) is 8.68. The van der Waals surface area contributed by atoms with Crippen molar-refractivity contribution in [1.29, 1.82) is 0 Å². The van der Waals surface area contributed by atoms with Crippen LogP contribution in [0.2, 0.25) is 0 Å². The number of methoxy groups -OCH3 is 1. The molecule has 4 rings (SSSR count). The lowest BCUT2D eigenvalue weighted by Crippen LogP contribution is -2.34. The molecule has 38 heavy (non-hydrogen) atoms. The number of nitrogens with zero attached hydrogens (tertiary/aromatic N) is 1. The zero-order valence-corrected chi connectivity index (χ0v) is 21.8. The maximum Gasteiger partial charge on any atom is 0.258 e. The van der Waals surface area contributed by atoms with Crippen LogP contribution in [-0.4, -0.2) is 63.4 Å². The Morgan fingerprint density at radius 1 is 1.03 bits per heavy atom. The van der Waals surface area contributed by atoms with Gasteiger partial charge in [0.05, 0.1) is 17.9 Å². The first kappa shape index (κ1) is 26.8. The summed E-state index contributed by atoms with van der Waals surface area (Å²) in [6.07, 6.45) is 0.789. The first-order valence-corrected chi connectivity index (χ1v) is 12.4. The van der Waals surface area contributed by atoms with Crippen LogP contribution in [0.4, 0.5) is 11.4 Å². The number of hydrogen-bond acceptors (Lipinski definition) is 6. The molecule has 0 radical (unpaired) electrons. The molecule has 3 N–H and O–H groups in total. The van der Waals surface area contributed by atoms with Crippen molar-refractivity contribution in [2.24, 2.45) is 0 Å². The number of aldehydes is 1. The van der Waals surface area contributed by atoms with Gasteiger partial charge in [0.1, 0.15) is 6.29 Å². The lowest BCUT2D eigenvalue weighted by Gasteiger charge is -2.16. The summed E-state index contributed by atoms with van der Waals surface area (Å²) in [6.45, 7) is 4.55. The predicted molar refractivity (Wildman–Crippen MR) is 150 cm³/mol. The molecule has 8 nitrogen and oxygen atoms in total. The molecule has 0 fully saturated rings. The van der Waals surface area contributed by atoms with E-state index >= 15 is 0 Å². The zero-order valence-electron chi connectivity index (χ0n) is 21.8. The fourth-order valence-electron chi connectivity index (χ4n) is 4.27. The largest absolute Gasteiger partial charge is 0.383 e. The second-order valence-corrected chi connectivity index (χ2v) is 9.20.